The quantitative estimate of drug-likeness (QED) is 0.334. The van der Waals surface area contributed by atoms with Gasteiger partial charge in [-0.2, -0.15) is 0 Å². The number of hydrogen-bond acceptors (Lipinski definition) is 3. The summed E-state index contributed by atoms with van der Waals surface area (Å²) in [7, 11) is 0. The molecule has 0 heterocycles. The van der Waals surface area contributed by atoms with Gasteiger partial charge in [0.25, 0.3) is 5.91 Å². The zero-order chi connectivity index (χ0) is 26.1. The molecule has 0 saturated carbocycles. The average molecular weight is 531 g/mol. The maximum atomic E-state index is 13.5. The molecule has 0 aliphatic heterocycles. The Kier molecular flexibility index (Phi) is 10.1. The summed E-state index contributed by atoms with van der Waals surface area (Å²) in [4.78, 5) is 28.4. The van der Waals surface area contributed by atoms with Crippen LogP contribution in [0.25, 0.3) is 0 Å². The Hall–Kier alpha value is -3.09. The number of amides is 2. The number of halogens is 3. The number of nitrogens with zero attached hydrogens (tertiary/aromatic N) is 1. The minimum Gasteiger partial charge on any atom is -0.484 e. The number of carbonyl (C=O) groups is 2. The fraction of sp³-hybridized carbons (Fsp3) is 0.286. The Morgan fingerprint density at radius 1 is 1.00 bits per heavy atom. The lowest BCUT2D eigenvalue weighted by Gasteiger charge is -2.32. The van der Waals surface area contributed by atoms with Crippen LogP contribution in [-0.2, 0) is 22.6 Å². The summed E-state index contributed by atoms with van der Waals surface area (Å²) >= 11 is 12.5. The lowest BCUT2D eigenvalue weighted by Crippen LogP contribution is -2.52. The highest BCUT2D eigenvalue weighted by molar-refractivity contribution is 6.35. The normalized spacial score (nSPS) is 11.7. The van der Waals surface area contributed by atoms with Crippen LogP contribution in [0.5, 0.6) is 5.75 Å². The van der Waals surface area contributed by atoms with Crippen LogP contribution in [0.3, 0.4) is 0 Å². The van der Waals surface area contributed by atoms with E-state index in [-0.39, 0.29) is 25.0 Å². The van der Waals surface area contributed by atoms with Gasteiger partial charge < -0.3 is 15.0 Å². The van der Waals surface area contributed by atoms with E-state index in [9.17, 15) is 14.0 Å². The molecular weight excluding hydrogens is 502 g/mol. The first-order valence-electron chi connectivity index (χ1n) is 11.7. The maximum absolute atomic E-state index is 13.5. The molecule has 0 spiro atoms. The molecule has 5 nitrogen and oxygen atoms in total. The van der Waals surface area contributed by atoms with Crippen molar-refractivity contribution in [3.63, 3.8) is 0 Å². The Morgan fingerprint density at radius 2 is 1.69 bits per heavy atom. The van der Waals surface area contributed by atoms with Crippen LogP contribution in [0.4, 0.5) is 4.39 Å². The van der Waals surface area contributed by atoms with E-state index in [1.54, 1.807) is 18.2 Å². The Bertz CT molecular complexity index is 1160. The number of rotatable bonds is 11. The Labute approximate surface area is 221 Å². The van der Waals surface area contributed by atoms with Gasteiger partial charge in [-0.15, -0.1) is 0 Å². The summed E-state index contributed by atoms with van der Waals surface area (Å²) < 4.78 is 18.9. The first-order chi connectivity index (χ1) is 17.2. The molecule has 0 aromatic heterocycles. The largest absolute Gasteiger partial charge is 0.484 e. The van der Waals surface area contributed by atoms with E-state index >= 15 is 0 Å². The van der Waals surface area contributed by atoms with Gasteiger partial charge in [0.2, 0.25) is 5.91 Å². The molecule has 2 amide bonds. The molecule has 0 aliphatic rings. The third kappa shape index (κ3) is 8.25. The molecule has 3 aromatic carbocycles. The lowest BCUT2D eigenvalue weighted by atomic mass is 10.0. The van der Waals surface area contributed by atoms with E-state index in [4.69, 9.17) is 27.9 Å². The van der Waals surface area contributed by atoms with Crippen LogP contribution in [0, 0.1) is 11.7 Å². The van der Waals surface area contributed by atoms with E-state index in [2.05, 4.69) is 5.32 Å². The van der Waals surface area contributed by atoms with Crippen molar-refractivity contribution in [2.75, 3.05) is 13.2 Å². The minimum absolute atomic E-state index is 0.0776. The molecule has 190 valence electrons. The van der Waals surface area contributed by atoms with Gasteiger partial charge in [0.05, 0.1) is 0 Å². The molecule has 3 rings (SSSR count). The van der Waals surface area contributed by atoms with Gasteiger partial charge in [-0.05, 0) is 53.4 Å². The third-order valence-electron chi connectivity index (χ3n) is 5.49. The van der Waals surface area contributed by atoms with Crippen molar-refractivity contribution in [3.8, 4) is 5.75 Å². The highest BCUT2D eigenvalue weighted by atomic mass is 35.5. The van der Waals surface area contributed by atoms with Crippen molar-refractivity contribution >= 4 is 35.0 Å². The number of ether oxygens (including phenoxy) is 1. The van der Waals surface area contributed by atoms with E-state index in [0.29, 0.717) is 34.3 Å². The van der Waals surface area contributed by atoms with Crippen molar-refractivity contribution in [1.82, 2.24) is 10.2 Å². The SMILES string of the molecule is CC(C)CNC(=O)[C@@H](Cc1ccccc1)N(Cc1ccc(Cl)cc1Cl)C(=O)COc1ccc(F)cc1. The molecule has 0 unspecified atom stereocenters. The third-order valence-corrected chi connectivity index (χ3v) is 6.07. The summed E-state index contributed by atoms with van der Waals surface area (Å²) in [5.74, 6) is -0.503. The highest BCUT2D eigenvalue weighted by Crippen LogP contribution is 2.24. The molecule has 0 aliphatic carbocycles. The fourth-order valence-electron chi connectivity index (χ4n) is 3.57. The predicted molar refractivity (Wildman–Crippen MR) is 141 cm³/mol. The van der Waals surface area contributed by atoms with Crippen LogP contribution in [0.1, 0.15) is 25.0 Å². The van der Waals surface area contributed by atoms with Crippen molar-refractivity contribution in [2.45, 2.75) is 32.9 Å². The van der Waals surface area contributed by atoms with Gasteiger partial charge in [0, 0.05) is 29.6 Å². The van der Waals surface area contributed by atoms with Crippen molar-refractivity contribution in [3.05, 3.63) is 99.8 Å². The first-order valence-corrected chi connectivity index (χ1v) is 12.4. The second-order valence-corrected chi connectivity index (χ2v) is 9.69. The van der Waals surface area contributed by atoms with Gasteiger partial charge >= 0.3 is 0 Å². The second kappa shape index (κ2) is 13.3. The molecule has 36 heavy (non-hydrogen) atoms. The molecule has 0 saturated heterocycles. The molecule has 1 atom stereocenters. The van der Waals surface area contributed by atoms with E-state index in [0.717, 1.165) is 5.56 Å². The number of nitrogens with one attached hydrogen (secondary N) is 1. The number of hydrogen-bond donors (Lipinski definition) is 1. The van der Waals surface area contributed by atoms with Gasteiger partial charge in [-0.25, -0.2) is 4.39 Å². The molecular formula is C28H29Cl2FN2O3. The minimum atomic E-state index is -0.817. The Morgan fingerprint density at radius 3 is 2.33 bits per heavy atom. The predicted octanol–water partition coefficient (Wildman–Crippen LogP) is 5.92. The smallest absolute Gasteiger partial charge is 0.261 e. The molecule has 0 fully saturated rings. The lowest BCUT2D eigenvalue weighted by molar-refractivity contribution is -0.142. The van der Waals surface area contributed by atoms with Crippen LogP contribution < -0.4 is 10.1 Å². The van der Waals surface area contributed by atoms with E-state index < -0.39 is 17.8 Å². The van der Waals surface area contributed by atoms with Crippen LogP contribution in [-0.4, -0.2) is 35.9 Å². The topological polar surface area (TPSA) is 58.6 Å². The number of benzene rings is 3. The molecule has 1 N–H and O–H groups in total. The second-order valence-electron chi connectivity index (χ2n) is 8.84. The molecule has 8 heteroatoms. The van der Waals surface area contributed by atoms with Crippen molar-refractivity contribution < 1.29 is 18.7 Å². The van der Waals surface area contributed by atoms with E-state index in [1.165, 1.54) is 29.2 Å². The number of carbonyl (C=O) groups excluding carboxylic acids is 2. The highest BCUT2D eigenvalue weighted by Gasteiger charge is 2.31. The van der Waals surface area contributed by atoms with Crippen molar-refractivity contribution in [2.24, 2.45) is 5.92 Å². The standard InChI is InChI=1S/C28H29Cl2FN2O3/c1-19(2)16-32-28(35)26(14-20-6-4-3-5-7-20)33(17-21-8-9-22(29)15-25(21)30)27(34)18-36-24-12-10-23(31)11-13-24/h3-13,15,19,26H,14,16-18H2,1-2H3,(H,32,35)/t26-/m1/s1. The van der Waals surface area contributed by atoms with Gasteiger partial charge in [0.1, 0.15) is 17.6 Å². The van der Waals surface area contributed by atoms with Gasteiger partial charge in [-0.3, -0.25) is 9.59 Å². The summed E-state index contributed by atoms with van der Waals surface area (Å²) in [6, 6.07) is 19.1. The molecule has 3 aromatic rings. The zero-order valence-corrected chi connectivity index (χ0v) is 21.7. The maximum Gasteiger partial charge on any atom is 0.261 e. The van der Waals surface area contributed by atoms with Crippen LogP contribution in [0.15, 0.2) is 72.8 Å². The summed E-state index contributed by atoms with van der Waals surface area (Å²) in [6.07, 6.45) is 0.304. The monoisotopic (exact) mass is 530 g/mol. The van der Waals surface area contributed by atoms with Crippen molar-refractivity contribution in [1.29, 1.82) is 0 Å². The van der Waals surface area contributed by atoms with Gasteiger partial charge in [0.15, 0.2) is 6.61 Å². The molecule has 0 radical (unpaired) electrons. The zero-order valence-electron chi connectivity index (χ0n) is 20.2. The fourth-order valence-corrected chi connectivity index (χ4v) is 4.04. The summed E-state index contributed by atoms with van der Waals surface area (Å²) in [5, 5.41) is 3.82. The summed E-state index contributed by atoms with van der Waals surface area (Å²) in [6.45, 7) is 4.21. The van der Waals surface area contributed by atoms with Crippen LogP contribution >= 0.6 is 23.2 Å². The van der Waals surface area contributed by atoms with Crippen LogP contribution in [0.2, 0.25) is 10.0 Å². The van der Waals surface area contributed by atoms with Gasteiger partial charge in [-0.1, -0.05) is 73.4 Å². The van der Waals surface area contributed by atoms with E-state index in [1.807, 2.05) is 44.2 Å². The Balaban J connectivity index is 1.92. The summed E-state index contributed by atoms with van der Waals surface area (Å²) in [5.41, 5.74) is 1.55. The first kappa shape index (κ1) is 27.5. The average Bonchev–Trinajstić information content (AvgIpc) is 2.86. The molecule has 0 bridgehead atoms.